The van der Waals surface area contributed by atoms with E-state index in [0.717, 1.165) is 10.0 Å². The number of carbonyl (C=O) groups is 2. The van der Waals surface area contributed by atoms with Crippen molar-refractivity contribution in [3.63, 3.8) is 0 Å². The van der Waals surface area contributed by atoms with Crippen molar-refractivity contribution in [1.82, 2.24) is 4.98 Å². The third-order valence-corrected chi connectivity index (χ3v) is 3.28. The number of pyridine rings is 1. The molecule has 1 saturated heterocycles. The molecule has 2 rings (SSSR count). The van der Waals surface area contributed by atoms with Gasteiger partial charge in [0.1, 0.15) is 5.82 Å². The Labute approximate surface area is 95.4 Å². The van der Waals surface area contributed by atoms with E-state index in [1.165, 1.54) is 4.90 Å². The first-order valence-electron chi connectivity index (χ1n) is 4.53. The van der Waals surface area contributed by atoms with Gasteiger partial charge in [-0.25, -0.2) is 4.98 Å². The second-order valence-corrected chi connectivity index (χ2v) is 4.25. The van der Waals surface area contributed by atoms with Gasteiger partial charge in [0.25, 0.3) is 0 Å². The first-order valence-corrected chi connectivity index (χ1v) is 5.32. The number of anilines is 1. The molecule has 0 spiro atoms. The van der Waals surface area contributed by atoms with Gasteiger partial charge in [-0.3, -0.25) is 14.5 Å². The summed E-state index contributed by atoms with van der Waals surface area (Å²) >= 11 is 3.37. The van der Waals surface area contributed by atoms with Crippen LogP contribution in [0, 0.1) is 6.92 Å². The van der Waals surface area contributed by atoms with Gasteiger partial charge in [-0.05, 0) is 34.5 Å². The van der Waals surface area contributed by atoms with Crippen LogP contribution in [0.15, 0.2) is 16.7 Å². The molecule has 1 amide bonds. The average molecular weight is 269 g/mol. The largest absolute Gasteiger partial charge is 0.297 e. The van der Waals surface area contributed by atoms with Crippen LogP contribution >= 0.6 is 15.9 Å². The summed E-state index contributed by atoms with van der Waals surface area (Å²) in [6.07, 6.45) is 1.62. The number of halogens is 1. The molecule has 1 aliphatic rings. The van der Waals surface area contributed by atoms with E-state index in [2.05, 4.69) is 20.9 Å². The molecule has 5 heteroatoms. The van der Waals surface area contributed by atoms with Crippen molar-refractivity contribution in [2.75, 3.05) is 11.4 Å². The van der Waals surface area contributed by atoms with E-state index < -0.39 is 0 Å². The Balaban J connectivity index is 2.42. The summed E-state index contributed by atoms with van der Waals surface area (Å²) in [5.74, 6) is 0.292. The molecule has 15 heavy (non-hydrogen) atoms. The van der Waals surface area contributed by atoms with Crippen molar-refractivity contribution in [3.05, 3.63) is 22.3 Å². The first kappa shape index (κ1) is 10.3. The number of hydrogen-bond donors (Lipinski definition) is 0. The number of amides is 1. The van der Waals surface area contributed by atoms with Crippen LogP contribution in [0.4, 0.5) is 5.82 Å². The minimum atomic E-state index is -0.182. The molecule has 0 aliphatic carbocycles. The molecule has 2 heterocycles. The van der Waals surface area contributed by atoms with E-state index in [1.54, 1.807) is 6.20 Å². The van der Waals surface area contributed by atoms with Crippen LogP contribution in [-0.2, 0) is 9.59 Å². The van der Waals surface area contributed by atoms with Crippen molar-refractivity contribution in [2.45, 2.75) is 13.3 Å². The molecule has 78 valence electrons. The van der Waals surface area contributed by atoms with Crippen LogP contribution in [0.5, 0.6) is 0 Å². The van der Waals surface area contributed by atoms with Gasteiger partial charge in [-0.2, -0.15) is 0 Å². The highest BCUT2D eigenvalue weighted by Crippen LogP contribution is 2.28. The Morgan fingerprint density at radius 3 is 2.80 bits per heavy atom. The molecular formula is C10H9BrN2O2. The average Bonchev–Trinajstić information content (AvgIpc) is 2.50. The zero-order valence-corrected chi connectivity index (χ0v) is 9.74. The normalized spacial score (nSPS) is 16.3. The maximum atomic E-state index is 11.5. The first-order chi connectivity index (χ1) is 7.09. The SMILES string of the molecule is Cc1ccnc(N2CC(=O)CC2=O)c1Br. The summed E-state index contributed by atoms with van der Waals surface area (Å²) in [7, 11) is 0. The summed E-state index contributed by atoms with van der Waals surface area (Å²) < 4.78 is 0.771. The van der Waals surface area contributed by atoms with Gasteiger partial charge in [0, 0.05) is 6.20 Å². The Morgan fingerprint density at radius 2 is 2.20 bits per heavy atom. The third-order valence-electron chi connectivity index (χ3n) is 2.30. The quantitative estimate of drug-likeness (QED) is 0.725. The Morgan fingerprint density at radius 1 is 1.47 bits per heavy atom. The molecule has 0 aromatic carbocycles. The molecule has 0 unspecified atom stereocenters. The van der Waals surface area contributed by atoms with E-state index in [0.29, 0.717) is 5.82 Å². The smallest absolute Gasteiger partial charge is 0.236 e. The maximum Gasteiger partial charge on any atom is 0.236 e. The van der Waals surface area contributed by atoms with Crippen LogP contribution in [0.2, 0.25) is 0 Å². The van der Waals surface area contributed by atoms with Gasteiger partial charge in [-0.15, -0.1) is 0 Å². The number of carbonyl (C=O) groups excluding carboxylic acids is 2. The van der Waals surface area contributed by atoms with Crippen LogP contribution in [0.25, 0.3) is 0 Å². The van der Waals surface area contributed by atoms with Crippen LogP contribution in [-0.4, -0.2) is 23.2 Å². The van der Waals surface area contributed by atoms with Gasteiger partial charge >= 0.3 is 0 Å². The monoisotopic (exact) mass is 268 g/mol. The lowest BCUT2D eigenvalue weighted by Gasteiger charge is -2.15. The molecule has 0 N–H and O–H groups in total. The Bertz CT molecular complexity index is 445. The minimum absolute atomic E-state index is 0.0118. The summed E-state index contributed by atoms with van der Waals surface area (Å²) in [5.41, 5.74) is 0.993. The lowest BCUT2D eigenvalue weighted by Crippen LogP contribution is -2.26. The highest BCUT2D eigenvalue weighted by Gasteiger charge is 2.30. The molecule has 0 saturated carbocycles. The highest BCUT2D eigenvalue weighted by atomic mass is 79.9. The fraction of sp³-hybridized carbons (Fsp3) is 0.300. The number of hydrogen-bond acceptors (Lipinski definition) is 3. The van der Waals surface area contributed by atoms with E-state index >= 15 is 0 Å². The van der Waals surface area contributed by atoms with E-state index in [4.69, 9.17) is 0 Å². The molecule has 0 atom stereocenters. The fourth-order valence-electron chi connectivity index (χ4n) is 1.49. The van der Waals surface area contributed by atoms with Crippen molar-refractivity contribution in [3.8, 4) is 0 Å². The second kappa shape index (κ2) is 3.73. The molecule has 1 aromatic rings. The Hall–Kier alpha value is -1.23. The fourth-order valence-corrected chi connectivity index (χ4v) is 1.94. The number of nitrogens with zero attached hydrogens (tertiary/aromatic N) is 2. The van der Waals surface area contributed by atoms with Crippen LogP contribution in [0.3, 0.4) is 0 Å². The molecule has 1 fully saturated rings. The minimum Gasteiger partial charge on any atom is -0.297 e. The molecule has 4 nitrogen and oxygen atoms in total. The maximum absolute atomic E-state index is 11.5. The number of ketones is 1. The molecule has 1 aromatic heterocycles. The van der Waals surface area contributed by atoms with E-state index in [-0.39, 0.29) is 24.7 Å². The lowest BCUT2D eigenvalue weighted by atomic mass is 10.3. The zero-order valence-electron chi connectivity index (χ0n) is 8.16. The third kappa shape index (κ3) is 1.79. The van der Waals surface area contributed by atoms with Crippen LogP contribution < -0.4 is 4.90 Å². The number of Topliss-reactive ketones (excluding diaryl/α,β-unsaturated/α-hetero) is 1. The molecular weight excluding hydrogens is 260 g/mol. The molecule has 0 radical (unpaired) electrons. The predicted octanol–water partition coefficient (Wildman–Crippen LogP) is 1.46. The van der Waals surface area contributed by atoms with Crippen molar-refractivity contribution < 1.29 is 9.59 Å². The van der Waals surface area contributed by atoms with E-state index in [9.17, 15) is 9.59 Å². The Kier molecular flexibility index (Phi) is 2.56. The second-order valence-electron chi connectivity index (χ2n) is 3.46. The van der Waals surface area contributed by atoms with Crippen LogP contribution in [0.1, 0.15) is 12.0 Å². The number of rotatable bonds is 1. The van der Waals surface area contributed by atoms with E-state index in [1.807, 2.05) is 13.0 Å². The summed E-state index contributed by atoms with van der Waals surface area (Å²) in [4.78, 5) is 28.1. The lowest BCUT2D eigenvalue weighted by molar-refractivity contribution is -0.121. The van der Waals surface area contributed by atoms with Gasteiger partial charge < -0.3 is 0 Å². The van der Waals surface area contributed by atoms with Gasteiger partial charge in [0.2, 0.25) is 5.91 Å². The predicted molar refractivity (Wildman–Crippen MR) is 58.7 cm³/mol. The van der Waals surface area contributed by atoms with Gasteiger partial charge in [-0.1, -0.05) is 0 Å². The summed E-state index contributed by atoms with van der Waals surface area (Å²) in [6.45, 7) is 2.05. The van der Waals surface area contributed by atoms with Crippen molar-refractivity contribution in [2.24, 2.45) is 0 Å². The molecule has 0 bridgehead atoms. The standard InChI is InChI=1S/C10H9BrN2O2/c1-6-2-3-12-10(9(6)11)13-5-7(14)4-8(13)15/h2-3H,4-5H2,1H3. The topological polar surface area (TPSA) is 50.3 Å². The van der Waals surface area contributed by atoms with Crippen molar-refractivity contribution in [1.29, 1.82) is 0 Å². The zero-order chi connectivity index (χ0) is 11.0. The highest BCUT2D eigenvalue weighted by molar-refractivity contribution is 9.10. The van der Waals surface area contributed by atoms with Gasteiger partial charge in [0.05, 0.1) is 17.4 Å². The van der Waals surface area contributed by atoms with Crippen molar-refractivity contribution >= 4 is 33.4 Å². The number of aryl methyl sites for hydroxylation is 1. The molecule has 1 aliphatic heterocycles. The van der Waals surface area contributed by atoms with Gasteiger partial charge in [0.15, 0.2) is 5.78 Å². The summed E-state index contributed by atoms with van der Waals surface area (Å²) in [5, 5.41) is 0. The number of aromatic nitrogens is 1. The summed E-state index contributed by atoms with van der Waals surface area (Å²) in [6, 6.07) is 1.84.